The summed E-state index contributed by atoms with van der Waals surface area (Å²) in [5.41, 5.74) is 1.66. The highest BCUT2D eigenvalue weighted by Gasteiger charge is 2.24. The number of benzene rings is 3. The van der Waals surface area contributed by atoms with Crippen LogP contribution in [-0.4, -0.2) is 14.4 Å². The fourth-order valence-electron chi connectivity index (χ4n) is 2.40. The number of sulfonamides is 1. The highest BCUT2D eigenvalue weighted by atomic mass is 35.5. The smallest absolute Gasteiger partial charge is 0.306 e. The van der Waals surface area contributed by atoms with E-state index in [1.54, 1.807) is 48.5 Å². The van der Waals surface area contributed by atoms with Gasteiger partial charge < -0.3 is 5.32 Å². The van der Waals surface area contributed by atoms with Crippen molar-refractivity contribution >= 4 is 50.6 Å². The van der Waals surface area contributed by atoms with Crippen molar-refractivity contribution in [3.8, 4) is 0 Å². The lowest BCUT2D eigenvalue weighted by Gasteiger charge is -2.24. The zero-order valence-corrected chi connectivity index (χ0v) is 17.6. The molecule has 2 N–H and O–H groups in total. The van der Waals surface area contributed by atoms with E-state index in [0.29, 0.717) is 15.7 Å². The third kappa shape index (κ3) is 5.48. The Morgan fingerprint density at radius 3 is 1.90 bits per heavy atom. The Morgan fingerprint density at radius 1 is 0.828 bits per heavy atom. The molecule has 0 aliphatic carbocycles. The molecule has 0 aliphatic heterocycles. The summed E-state index contributed by atoms with van der Waals surface area (Å²) in [5, 5.41) is 4.50. The lowest BCUT2D eigenvalue weighted by atomic mass is 10.2. The molecule has 0 saturated carbocycles. The number of carbonyl (C=O) groups excluding carboxylic acids is 1. The van der Waals surface area contributed by atoms with Crippen LogP contribution in [-0.2, 0) is 10.0 Å². The van der Waals surface area contributed by atoms with Crippen LogP contribution in [0, 0.1) is 6.92 Å². The molecule has 0 fully saturated rings. The Labute approximate surface area is 179 Å². The number of hydrazine groups is 1. The van der Waals surface area contributed by atoms with Crippen molar-refractivity contribution in [2.75, 3.05) is 10.3 Å². The lowest BCUT2D eigenvalue weighted by molar-refractivity contribution is 0.256. The van der Waals surface area contributed by atoms with E-state index in [9.17, 15) is 13.2 Å². The molecular formula is C20H17Cl2N3O3S. The first-order valence-electron chi connectivity index (χ1n) is 8.46. The number of nitrogens with zero attached hydrogens (tertiary/aromatic N) is 1. The van der Waals surface area contributed by atoms with Gasteiger partial charge in [-0.2, -0.15) is 0 Å². The van der Waals surface area contributed by atoms with Crippen molar-refractivity contribution in [2.24, 2.45) is 0 Å². The van der Waals surface area contributed by atoms with Gasteiger partial charge in [0.05, 0.1) is 10.6 Å². The van der Waals surface area contributed by atoms with Crippen LogP contribution in [0.5, 0.6) is 0 Å². The van der Waals surface area contributed by atoms with Gasteiger partial charge in [0.1, 0.15) is 0 Å². The zero-order chi connectivity index (χ0) is 21.0. The molecule has 0 saturated heterocycles. The van der Waals surface area contributed by atoms with E-state index in [-0.39, 0.29) is 10.6 Å². The van der Waals surface area contributed by atoms with Crippen LogP contribution in [0.4, 0.5) is 16.2 Å². The molecule has 6 nitrogen and oxygen atoms in total. The van der Waals surface area contributed by atoms with Gasteiger partial charge in [-0.25, -0.2) is 18.2 Å². The second kappa shape index (κ2) is 8.84. The molecule has 0 radical (unpaired) electrons. The number of halogens is 2. The van der Waals surface area contributed by atoms with E-state index in [1.165, 1.54) is 24.3 Å². The SMILES string of the molecule is Cc1ccc(S(=O)(=O)NN(C(=O)Nc2ccc(Cl)cc2)c2ccc(Cl)cc2)cc1. The third-order valence-electron chi connectivity index (χ3n) is 3.93. The van der Waals surface area contributed by atoms with E-state index < -0.39 is 16.1 Å². The fraction of sp³-hybridized carbons (Fsp3) is 0.0500. The van der Waals surface area contributed by atoms with Crippen molar-refractivity contribution in [1.82, 2.24) is 4.83 Å². The van der Waals surface area contributed by atoms with Gasteiger partial charge in [-0.05, 0) is 67.6 Å². The minimum absolute atomic E-state index is 0.0290. The minimum atomic E-state index is -4.02. The van der Waals surface area contributed by atoms with Gasteiger partial charge in [0.15, 0.2) is 0 Å². The Morgan fingerprint density at radius 2 is 1.34 bits per heavy atom. The van der Waals surface area contributed by atoms with Crippen LogP contribution in [0.15, 0.2) is 77.7 Å². The van der Waals surface area contributed by atoms with E-state index >= 15 is 0 Å². The normalized spacial score (nSPS) is 11.1. The molecule has 0 unspecified atom stereocenters. The second-order valence-electron chi connectivity index (χ2n) is 6.16. The second-order valence-corrected chi connectivity index (χ2v) is 8.69. The highest BCUT2D eigenvalue weighted by molar-refractivity contribution is 7.89. The van der Waals surface area contributed by atoms with Crippen LogP contribution in [0.3, 0.4) is 0 Å². The molecule has 2 amide bonds. The topological polar surface area (TPSA) is 78.5 Å². The summed E-state index contributed by atoms with van der Waals surface area (Å²) in [5.74, 6) is 0. The first kappa shape index (κ1) is 21.1. The number of aryl methyl sites for hydroxylation is 1. The third-order valence-corrected chi connectivity index (χ3v) is 5.75. The lowest BCUT2D eigenvalue weighted by Crippen LogP contribution is -2.48. The van der Waals surface area contributed by atoms with Gasteiger partial charge in [-0.15, -0.1) is 4.83 Å². The number of amides is 2. The van der Waals surface area contributed by atoms with E-state index in [0.717, 1.165) is 10.6 Å². The summed E-state index contributed by atoms with van der Waals surface area (Å²) in [4.78, 5) is 15.2. The number of anilines is 2. The molecule has 3 aromatic carbocycles. The maximum Gasteiger partial charge on any atom is 0.341 e. The van der Waals surface area contributed by atoms with Gasteiger partial charge in [0.2, 0.25) is 0 Å². The van der Waals surface area contributed by atoms with Crippen LogP contribution in [0.25, 0.3) is 0 Å². The summed E-state index contributed by atoms with van der Waals surface area (Å²) >= 11 is 11.8. The van der Waals surface area contributed by atoms with Gasteiger partial charge in [-0.1, -0.05) is 40.9 Å². The molecular weight excluding hydrogens is 433 g/mol. The minimum Gasteiger partial charge on any atom is -0.306 e. The van der Waals surface area contributed by atoms with Crippen LogP contribution in [0.2, 0.25) is 10.0 Å². The van der Waals surface area contributed by atoms with E-state index in [1.807, 2.05) is 6.92 Å². The van der Waals surface area contributed by atoms with Crippen molar-refractivity contribution in [2.45, 2.75) is 11.8 Å². The molecule has 0 heterocycles. The molecule has 29 heavy (non-hydrogen) atoms. The summed E-state index contributed by atoms with van der Waals surface area (Å²) < 4.78 is 25.6. The average molecular weight is 450 g/mol. The molecule has 0 aromatic heterocycles. The monoisotopic (exact) mass is 449 g/mol. The molecule has 0 aliphatic rings. The molecule has 0 atom stereocenters. The number of urea groups is 1. The van der Waals surface area contributed by atoms with Crippen molar-refractivity contribution < 1.29 is 13.2 Å². The van der Waals surface area contributed by atoms with Crippen LogP contribution < -0.4 is 15.2 Å². The quantitative estimate of drug-likeness (QED) is 0.523. The van der Waals surface area contributed by atoms with E-state index in [2.05, 4.69) is 10.1 Å². The number of hydrogen-bond donors (Lipinski definition) is 2. The Hall–Kier alpha value is -2.58. The average Bonchev–Trinajstić information content (AvgIpc) is 2.69. The van der Waals surface area contributed by atoms with Gasteiger partial charge in [-0.3, -0.25) is 0 Å². The maximum absolute atomic E-state index is 12.9. The molecule has 3 aromatic rings. The summed E-state index contributed by atoms with van der Waals surface area (Å²) in [6.45, 7) is 1.85. The standard InChI is InChI=1S/C20H17Cl2N3O3S/c1-14-2-12-19(13-3-14)29(27,28)24-25(18-10-6-16(22)7-11-18)20(26)23-17-8-4-15(21)5-9-17/h2-13,24H,1H3,(H,23,26). The summed E-state index contributed by atoms with van der Waals surface area (Å²) in [7, 11) is -4.02. The number of nitrogens with one attached hydrogen (secondary N) is 2. The molecule has 150 valence electrons. The van der Waals surface area contributed by atoms with Crippen molar-refractivity contribution in [3.05, 3.63) is 88.4 Å². The van der Waals surface area contributed by atoms with Crippen molar-refractivity contribution in [1.29, 1.82) is 0 Å². The molecule has 3 rings (SSSR count). The Bertz CT molecular complexity index is 1100. The van der Waals surface area contributed by atoms with E-state index in [4.69, 9.17) is 23.2 Å². The predicted molar refractivity (Wildman–Crippen MR) is 116 cm³/mol. The summed E-state index contributed by atoms with van der Waals surface area (Å²) in [6, 6.07) is 18.2. The highest BCUT2D eigenvalue weighted by Crippen LogP contribution is 2.21. The van der Waals surface area contributed by atoms with Crippen molar-refractivity contribution in [3.63, 3.8) is 0 Å². The Balaban J connectivity index is 1.92. The van der Waals surface area contributed by atoms with Crippen LogP contribution in [0.1, 0.15) is 5.56 Å². The molecule has 0 bridgehead atoms. The zero-order valence-electron chi connectivity index (χ0n) is 15.3. The number of rotatable bonds is 5. The summed E-state index contributed by atoms with van der Waals surface area (Å²) in [6.07, 6.45) is 0. The Kier molecular flexibility index (Phi) is 6.44. The first-order chi connectivity index (χ1) is 13.7. The van der Waals surface area contributed by atoms with Gasteiger partial charge in [0.25, 0.3) is 10.0 Å². The molecule has 0 spiro atoms. The molecule has 9 heteroatoms. The fourth-order valence-corrected chi connectivity index (χ4v) is 3.68. The van der Waals surface area contributed by atoms with Gasteiger partial charge in [0, 0.05) is 15.7 Å². The maximum atomic E-state index is 12.9. The largest absolute Gasteiger partial charge is 0.341 e. The predicted octanol–water partition coefficient (Wildman–Crippen LogP) is 5.23. The number of carbonyl (C=O) groups is 1. The first-order valence-corrected chi connectivity index (χ1v) is 10.7. The van der Waals surface area contributed by atoms with Crippen LogP contribution >= 0.6 is 23.2 Å². The van der Waals surface area contributed by atoms with Gasteiger partial charge >= 0.3 is 6.03 Å². The number of hydrogen-bond acceptors (Lipinski definition) is 3.